The van der Waals surface area contributed by atoms with Crippen molar-refractivity contribution in [2.75, 3.05) is 4.90 Å². The molecule has 0 spiro atoms. The average molecular weight is 323 g/mol. The van der Waals surface area contributed by atoms with Crippen LogP contribution in [0.2, 0.25) is 0 Å². The van der Waals surface area contributed by atoms with Crippen LogP contribution in [0.5, 0.6) is 0 Å². The SMILES string of the molecule is O=C1[C@@H]2[C@@H](C(=O)N1c1cccc(Cn3cccn3)c1)[C@@H]1CC[C@@H]2O1. The second-order valence-electron chi connectivity index (χ2n) is 6.73. The Morgan fingerprint density at radius 1 is 1.08 bits per heavy atom. The van der Waals surface area contributed by atoms with Gasteiger partial charge >= 0.3 is 0 Å². The highest BCUT2D eigenvalue weighted by molar-refractivity contribution is 6.22. The van der Waals surface area contributed by atoms with Crippen LogP contribution in [-0.4, -0.2) is 33.8 Å². The Bertz CT molecular complexity index is 789. The van der Waals surface area contributed by atoms with Gasteiger partial charge in [-0.15, -0.1) is 0 Å². The monoisotopic (exact) mass is 323 g/mol. The number of hydrogen-bond acceptors (Lipinski definition) is 4. The molecule has 3 aliphatic rings. The molecule has 6 nitrogen and oxygen atoms in total. The third kappa shape index (κ3) is 1.89. The maximum atomic E-state index is 12.8. The fourth-order valence-electron chi connectivity index (χ4n) is 4.34. The summed E-state index contributed by atoms with van der Waals surface area (Å²) in [6.45, 7) is 0.609. The highest BCUT2D eigenvalue weighted by Gasteiger charge is 2.62. The van der Waals surface area contributed by atoms with Gasteiger partial charge in [-0.1, -0.05) is 12.1 Å². The molecule has 2 amide bonds. The van der Waals surface area contributed by atoms with E-state index in [1.54, 1.807) is 6.20 Å². The number of benzene rings is 1. The molecule has 0 radical (unpaired) electrons. The maximum Gasteiger partial charge on any atom is 0.240 e. The third-order valence-corrected chi connectivity index (χ3v) is 5.36. The molecular formula is C18H17N3O3. The number of nitrogens with zero attached hydrogens (tertiary/aromatic N) is 3. The summed E-state index contributed by atoms with van der Waals surface area (Å²) in [4.78, 5) is 27.0. The molecule has 3 fully saturated rings. The summed E-state index contributed by atoms with van der Waals surface area (Å²) in [7, 11) is 0. The highest BCUT2D eigenvalue weighted by atomic mass is 16.5. The standard InChI is InChI=1S/C18H17N3O3/c22-17-15-13-5-6-14(24-13)16(15)18(23)21(17)12-4-1-3-11(9-12)10-20-8-2-7-19-20/h1-4,7-9,13-16H,5-6,10H2/t13-,14-,15-,16-/m0/s1. The van der Waals surface area contributed by atoms with Gasteiger partial charge in [0.05, 0.1) is 36.3 Å². The molecule has 0 saturated carbocycles. The number of hydrogen-bond donors (Lipinski definition) is 0. The Hall–Kier alpha value is -2.47. The van der Waals surface area contributed by atoms with E-state index in [0.29, 0.717) is 12.2 Å². The number of carbonyl (C=O) groups is 2. The first-order valence-corrected chi connectivity index (χ1v) is 8.32. The Labute approximate surface area is 139 Å². The van der Waals surface area contributed by atoms with Gasteiger partial charge in [-0.05, 0) is 36.6 Å². The van der Waals surface area contributed by atoms with E-state index >= 15 is 0 Å². The zero-order valence-electron chi connectivity index (χ0n) is 13.0. The molecule has 0 aliphatic carbocycles. The molecule has 3 aliphatic heterocycles. The van der Waals surface area contributed by atoms with Gasteiger partial charge in [-0.3, -0.25) is 14.3 Å². The number of amides is 2. The number of carbonyl (C=O) groups excluding carboxylic acids is 2. The van der Waals surface area contributed by atoms with Crippen molar-refractivity contribution in [3.63, 3.8) is 0 Å². The fourth-order valence-corrected chi connectivity index (χ4v) is 4.34. The van der Waals surface area contributed by atoms with E-state index in [-0.39, 0.29) is 35.9 Å². The summed E-state index contributed by atoms with van der Waals surface area (Å²) in [5.74, 6) is -0.779. The smallest absolute Gasteiger partial charge is 0.240 e. The first-order chi connectivity index (χ1) is 11.7. The Kier molecular flexibility index (Phi) is 2.91. The molecular weight excluding hydrogens is 306 g/mol. The summed E-state index contributed by atoms with van der Waals surface area (Å²) >= 11 is 0. The molecule has 1 aromatic heterocycles. The molecule has 2 bridgehead atoms. The van der Waals surface area contributed by atoms with Crippen LogP contribution in [-0.2, 0) is 20.9 Å². The molecule has 24 heavy (non-hydrogen) atoms. The van der Waals surface area contributed by atoms with Crippen molar-refractivity contribution in [3.05, 3.63) is 48.3 Å². The van der Waals surface area contributed by atoms with Crippen LogP contribution in [0.25, 0.3) is 0 Å². The average Bonchev–Trinajstić information content (AvgIpc) is 3.33. The van der Waals surface area contributed by atoms with Gasteiger partial charge in [0.15, 0.2) is 0 Å². The molecule has 0 N–H and O–H groups in total. The summed E-state index contributed by atoms with van der Waals surface area (Å²) < 4.78 is 7.59. The van der Waals surface area contributed by atoms with E-state index in [9.17, 15) is 9.59 Å². The van der Waals surface area contributed by atoms with E-state index in [1.165, 1.54) is 4.90 Å². The van der Waals surface area contributed by atoms with E-state index in [0.717, 1.165) is 18.4 Å². The van der Waals surface area contributed by atoms with Gasteiger partial charge in [-0.2, -0.15) is 5.10 Å². The van der Waals surface area contributed by atoms with Crippen molar-refractivity contribution in [2.24, 2.45) is 11.8 Å². The highest BCUT2D eigenvalue weighted by Crippen LogP contribution is 2.49. The number of fused-ring (bicyclic) bond motifs is 5. The summed E-state index contributed by atoms with van der Waals surface area (Å²) in [6, 6.07) is 9.46. The minimum absolute atomic E-state index is 0.0753. The van der Waals surface area contributed by atoms with E-state index in [1.807, 2.05) is 41.2 Å². The zero-order chi connectivity index (χ0) is 16.3. The number of rotatable bonds is 3. The zero-order valence-corrected chi connectivity index (χ0v) is 13.0. The lowest BCUT2D eigenvalue weighted by atomic mass is 9.81. The molecule has 0 unspecified atom stereocenters. The first-order valence-electron chi connectivity index (χ1n) is 8.32. The van der Waals surface area contributed by atoms with E-state index in [2.05, 4.69) is 5.10 Å². The van der Waals surface area contributed by atoms with Crippen molar-refractivity contribution >= 4 is 17.5 Å². The van der Waals surface area contributed by atoms with Crippen LogP contribution in [0, 0.1) is 11.8 Å². The lowest BCUT2D eigenvalue weighted by molar-refractivity contribution is -0.124. The van der Waals surface area contributed by atoms with Gasteiger partial charge in [0.2, 0.25) is 11.8 Å². The molecule has 3 saturated heterocycles. The van der Waals surface area contributed by atoms with Crippen LogP contribution >= 0.6 is 0 Å². The quantitative estimate of drug-likeness (QED) is 0.805. The molecule has 6 heteroatoms. The summed E-state index contributed by atoms with van der Waals surface area (Å²) in [5.41, 5.74) is 1.66. The summed E-state index contributed by atoms with van der Waals surface area (Å²) in [6.07, 6.45) is 5.24. The molecule has 1 aromatic carbocycles. The predicted molar refractivity (Wildman–Crippen MR) is 85.1 cm³/mol. The van der Waals surface area contributed by atoms with Gasteiger partial charge in [0.1, 0.15) is 0 Å². The van der Waals surface area contributed by atoms with Crippen LogP contribution in [0.3, 0.4) is 0 Å². The van der Waals surface area contributed by atoms with Crippen molar-refractivity contribution in [3.8, 4) is 0 Å². The topological polar surface area (TPSA) is 64.4 Å². The van der Waals surface area contributed by atoms with Crippen molar-refractivity contribution in [2.45, 2.75) is 31.6 Å². The number of ether oxygens (including phenoxy) is 1. The van der Waals surface area contributed by atoms with Crippen LogP contribution in [0.1, 0.15) is 18.4 Å². The van der Waals surface area contributed by atoms with Gasteiger partial charge in [0.25, 0.3) is 0 Å². The van der Waals surface area contributed by atoms with Crippen molar-refractivity contribution < 1.29 is 14.3 Å². The minimum atomic E-state index is -0.286. The van der Waals surface area contributed by atoms with E-state index in [4.69, 9.17) is 4.74 Å². The predicted octanol–water partition coefficient (Wildman–Crippen LogP) is 1.60. The Balaban J connectivity index is 1.46. The van der Waals surface area contributed by atoms with Crippen molar-refractivity contribution in [1.82, 2.24) is 9.78 Å². The van der Waals surface area contributed by atoms with Crippen LogP contribution < -0.4 is 4.90 Å². The second-order valence-corrected chi connectivity index (χ2v) is 6.73. The number of aromatic nitrogens is 2. The fraction of sp³-hybridized carbons (Fsp3) is 0.389. The normalized spacial score (nSPS) is 31.1. The van der Waals surface area contributed by atoms with Gasteiger partial charge < -0.3 is 4.74 Å². The van der Waals surface area contributed by atoms with E-state index < -0.39 is 0 Å². The minimum Gasteiger partial charge on any atom is -0.373 e. The Morgan fingerprint density at radius 2 is 1.83 bits per heavy atom. The van der Waals surface area contributed by atoms with Crippen LogP contribution in [0.4, 0.5) is 5.69 Å². The Morgan fingerprint density at radius 3 is 2.50 bits per heavy atom. The lowest BCUT2D eigenvalue weighted by Crippen LogP contribution is -2.34. The largest absolute Gasteiger partial charge is 0.373 e. The van der Waals surface area contributed by atoms with Gasteiger partial charge in [-0.25, -0.2) is 4.90 Å². The van der Waals surface area contributed by atoms with Gasteiger partial charge in [0, 0.05) is 12.4 Å². The summed E-state index contributed by atoms with van der Waals surface area (Å²) in [5, 5.41) is 4.20. The molecule has 122 valence electrons. The molecule has 5 rings (SSSR count). The van der Waals surface area contributed by atoms with Crippen LogP contribution in [0.15, 0.2) is 42.7 Å². The number of anilines is 1. The van der Waals surface area contributed by atoms with Crippen molar-refractivity contribution in [1.29, 1.82) is 0 Å². The first kappa shape index (κ1) is 13.9. The third-order valence-electron chi connectivity index (χ3n) is 5.36. The second kappa shape index (κ2) is 5.01. The molecule has 2 aromatic rings. The molecule has 4 atom stereocenters. The molecule has 4 heterocycles. The lowest BCUT2D eigenvalue weighted by Gasteiger charge is -2.18. The maximum absolute atomic E-state index is 12.8. The number of imide groups is 1.